The Labute approximate surface area is 87.5 Å². The molecule has 0 unspecified atom stereocenters. The molecule has 0 aliphatic heterocycles. The maximum Gasteiger partial charge on any atom is 0.406 e. The van der Waals surface area contributed by atoms with E-state index in [0.717, 1.165) is 0 Å². The van der Waals surface area contributed by atoms with E-state index in [0.29, 0.717) is 15.8 Å². The first-order valence-electron chi connectivity index (χ1n) is 4.41. The van der Waals surface area contributed by atoms with Crippen LogP contribution in [0.5, 0.6) is 0 Å². The number of aromatic amines is 1. The highest BCUT2D eigenvalue weighted by molar-refractivity contribution is 5.78. The Bertz CT molecular complexity index is 582. The zero-order valence-corrected chi connectivity index (χ0v) is 8.01. The zero-order valence-electron chi connectivity index (χ0n) is 8.01. The molecule has 0 fully saturated rings. The Balaban J connectivity index is 2.63. The number of aromatic nitrogens is 2. The van der Waals surface area contributed by atoms with Gasteiger partial charge >= 0.3 is 11.9 Å². The van der Waals surface area contributed by atoms with Gasteiger partial charge in [0.05, 0.1) is 11.0 Å². The van der Waals surface area contributed by atoms with Crippen LogP contribution in [-0.4, -0.2) is 15.7 Å². The molecule has 0 aliphatic rings. The van der Waals surface area contributed by atoms with Gasteiger partial charge in [-0.3, -0.25) is 4.57 Å². The molecule has 4 nitrogen and oxygen atoms in total. The molecule has 0 atom stereocenters. The smallest absolute Gasteiger partial charge is 0.399 e. The van der Waals surface area contributed by atoms with Gasteiger partial charge in [0.15, 0.2) is 0 Å². The van der Waals surface area contributed by atoms with Crippen LogP contribution in [0, 0.1) is 0 Å². The van der Waals surface area contributed by atoms with Crippen LogP contribution < -0.4 is 11.4 Å². The molecule has 0 spiro atoms. The van der Waals surface area contributed by atoms with Crippen molar-refractivity contribution in [2.45, 2.75) is 12.7 Å². The number of fused-ring (bicyclic) bond motifs is 1. The summed E-state index contributed by atoms with van der Waals surface area (Å²) in [6.07, 6.45) is -4.44. The third kappa shape index (κ3) is 1.88. The Morgan fingerprint density at radius 3 is 2.69 bits per heavy atom. The molecule has 1 aromatic heterocycles. The third-order valence-corrected chi connectivity index (χ3v) is 2.14. The average molecular weight is 231 g/mol. The lowest BCUT2D eigenvalue weighted by molar-refractivity contribution is -0.140. The van der Waals surface area contributed by atoms with Crippen molar-refractivity contribution in [1.82, 2.24) is 9.55 Å². The summed E-state index contributed by atoms with van der Waals surface area (Å²) in [5, 5.41) is 0. The van der Waals surface area contributed by atoms with Crippen molar-refractivity contribution in [2.75, 3.05) is 5.73 Å². The molecule has 16 heavy (non-hydrogen) atoms. The van der Waals surface area contributed by atoms with Gasteiger partial charge in [0.25, 0.3) is 0 Å². The second kappa shape index (κ2) is 3.29. The second-order valence-corrected chi connectivity index (χ2v) is 3.41. The molecule has 0 amide bonds. The molecule has 1 aromatic carbocycles. The molecule has 2 rings (SSSR count). The van der Waals surface area contributed by atoms with Crippen LogP contribution in [0.3, 0.4) is 0 Å². The number of halogens is 3. The van der Waals surface area contributed by atoms with E-state index in [2.05, 4.69) is 4.98 Å². The van der Waals surface area contributed by atoms with Crippen molar-refractivity contribution in [3.05, 3.63) is 28.7 Å². The van der Waals surface area contributed by atoms with Crippen LogP contribution in [0.2, 0.25) is 0 Å². The van der Waals surface area contributed by atoms with Crippen LogP contribution in [-0.2, 0) is 6.54 Å². The van der Waals surface area contributed by atoms with E-state index in [4.69, 9.17) is 5.73 Å². The Morgan fingerprint density at radius 1 is 1.38 bits per heavy atom. The van der Waals surface area contributed by atoms with E-state index in [-0.39, 0.29) is 5.52 Å². The van der Waals surface area contributed by atoms with Crippen molar-refractivity contribution in [3.8, 4) is 0 Å². The van der Waals surface area contributed by atoms with Crippen LogP contribution in [0.4, 0.5) is 18.9 Å². The van der Waals surface area contributed by atoms with E-state index >= 15 is 0 Å². The summed E-state index contributed by atoms with van der Waals surface area (Å²) in [4.78, 5) is 13.6. The predicted octanol–water partition coefficient (Wildman–Crippen LogP) is 1.47. The van der Waals surface area contributed by atoms with E-state index < -0.39 is 18.4 Å². The number of anilines is 1. The molecule has 0 saturated heterocycles. The zero-order chi connectivity index (χ0) is 11.9. The number of nitrogen functional groups attached to an aromatic ring is 1. The van der Waals surface area contributed by atoms with Gasteiger partial charge in [-0.25, -0.2) is 4.79 Å². The molecular formula is C9H8F3N3O. The highest BCUT2D eigenvalue weighted by atomic mass is 19.4. The van der Waals surface area contributed by atoms with Crippen molar-refractivity contribution in [1.29, 1.82) is 0 Å². The summed E-state index contributed by atoms with van der Waals surface area (Å²) in [7, 11) is 0. The molecule has 0 bridgehead atoms. The largest absolute Gasteiger partial charge is 0.406 e. The van der Waals surface area contributed by atoms with Crippen molar-refractivity contribution >= 4 is 16.7 Å². The number of nitrogens with two attached hydrogens (primary N) is 1. The van der Waals surface area contributed by atoms with Gasteiger partial charge in [-0.05, 0) is 18.2 Å². The monoisotopic (exact) mass is 231 g/mol. The number of nitrogens with zero attached hydrogens (tertiary/aromatic N) is 1. The molecule has 2 aromatic rings. The summed E-state index contributed by atoms with van der Waals surface area (Å²) < 4.78 is 37.3. The Morgan fingerprint density at radius 2 is 2.06 bits per heavy atom. The Kier molecular flexibility index (Phi) is 2.18. The number of benzene rings is 1. The lowest BCUT2D eigenvalue weighted by Crippen LogP contribution is -2.26. The first kappa shape index (κ1) is 10.6. The van der Waals surface area contributed by atoms with Crippen molar-refractivity contribution < 1.29 is 13.2 Å². The number of nitrogens with one attached hydrogen (secondary N) is 1. The molecule has 0 radical (unpaired) electrons. The number of hydrogen-bond acceptors (Lipinski definition) is 2. The second-order valence-electron chi connectivity index (χ2n) is 3.41. The highest BCUT2D eigenvalue weighted by Gasteiger charge is 2.29. The summed E-state index contributed by atoms with van der Waals surface area (Å²) in [6, 6.07) is 4.31. The normalized spacial score (nSPS) is 12.2. The molecular weight excluding hydrogens is 223 g/mol. The van der Waals surface area contributed by atoms with Crippen molar-refractivity contribution in [3.63, 3.8) is 0 Å². The fraction of sp³-hybridized carbons (Fsp3) is 0.222. The van der Waals surface area contributed by atoms with Crippen LogP contribution in [0.15, 0.2) is 23.0 Å². The van der Waals surface area contributed by atoms with E-state index in [1.165, 1.54) is 18.2 Å². The van der Waals surface area contributed by atoms with E-state index in [1.54, 1.807) is 0 Å². The fourth-order valence-corrected chi connectivity index (χ4v) is 1.51. The quantitative estimate of drug-likeness (QED) is 0.730. The standard InChI is InChI=1S/C9H8F3N3O/c10-9(11,12)4-15-7-3-5(13)1-2-6(7)14-8(15)16/h1-3H,4,13H2,(H,14,16). The van der Waals surface area contributed by atoms with E-state index in [1.807, 2.05) is 0 Å². The minimum atomic E-state index is -4.44. The number of imidazole rings is 1. The minimum absolute atomic E-state index is 0.155. The highest BCUT2D eigenvalue weighted by Crippen LogP contribution is 2.20. The van der Waals surface area contributed by atoms with Crippen molar-refractivity contribution in [2.24, 2.45) is 0 Å². The maximum absolute atomic E-state index is 12.2. The van der Waals surface area contributed by atoms with Gasteiger partial charge in [-0.1, -0.05) is 0 Å². The maximum atomic E-state index is 12.2. The van der Waals surface area contributed by atoms with Crippen LogP contribution in [0.1, 0.15) is 0 Å². The van der Waals surface area contributed by atoms with Crippen LogP contribution in [0.25, 0.3) is 11.0 Å². The summed E-state index contributed by atoms with van der Waals surface area (Å²) in [5.74, 6) is 0. The van der Waals surface area contributed by atoms with Gasteiger partial charge < -0.3 is 10.7 Å². The van der Waals surface area contributed by atoms with E-state index in [9.17, 15) is 18.0 Å². The number of alkyl halides is 3. The van der Waals surface area contributed by atoms with Gasteiger partial charge in [0.1, 0.15) is 6.54 Å². The third-order valence-electron chi connectivity index (χ3n) is 2.14. The molecule has 3 N–H and O–H groups in total. The lowest BCUT2D eigenvalue weighted by Gasteiger charge is -2.07. The summed E-state index contributed by atoms with van der Waals surface area (Å²) in [6.45, 7) is -1.32. The first-order chi connectivity index (χ1) is 7.37. The topological polar surface area (TPSA) is 63.8 Å². The molecule has 7 heteroatoms. The van der Waals surface area contributed by atoms with Gasteiger partial charge in [-0.2, -0.15) is 13.2 Å². The molecule has 0 saturated carbocycles. The predicted molar refractivity (Wildman–Crippen MR) is 53.0 cm³/mol. The summed E-state index contributed by atoms with van der Waals surface area (Å²) in [5.41, 5.74) is 5.46. The minimum Gasteiger partial charge on any atom is -0.399 e. The van der Waals surface area contributed by atoms with Crippen LogP contribution >= 0.6 is 0 Å². The Hall–Kier alpha value is -1.92. The number of rotatable bonds is 1. The summed E-state index contributed by atoms with van der Waals surface area (Å²) >= 11 is 0. The van der Waals surface area contributed by atoms with Gasteiger partial charge in [0.2, 0.25) is 0 Å². The average Bonchev–Trinajstić information content (AvgIpc) is 2.42. The first-order valence-corrected chi connectivity index (χ1v) is 4.41. The SMILES string of the molecule is Nc1ccc2[nH]c(=O)n(CC(F)(F)F)c2c1. The molecule has 1 heterocycles. The number of hydrogen-bond donors (Lipinski definition) is 2. The number of H-pyrrole nitrogens is 1. The fourth-order valence-electron chi connectivity index (χ4n) is 1.51. The molecule has 0 aliphatic carbocycles. The van der Waals surface area contributed by atoms with Gasteiger partial charge in [0, 0.05) is 5.69 Å². The molecule has 86 valence electrons. The van der Waals surface area contributed by atoms with Gasteiger partial charge in [-0.15, -0.1) is 0 Å². The lowest BCUT2D eigenvalue weighted by atomic mass is 10.3.